The number of carbonyl (C=O) groups is 2. The lowest BCUT2D eigenvalue weighted by atomic mass is 10.2. The standard InChI is InChI=1S/C14H19NO5.C2H6/c1-3-15(4-2)14(18)20-10-9-19-13(17)11-5-7-12(16)8-6-11;1-2/h5-8,16H,3-4,9-10H2,1-2H3;1-2H3. The van der Waals surface area contributed by atoms with Crippen LogP contribution in [0.25, 0.3) is 0 Å². The molecule has 0 aliphatic rings. The van der Waals surface area contributed by atoms with Crippen molar-refractivity contribution in [3.05, 3.63) is 29.8 Å². The van der Waals surface area contributed by atoms with Crippen LogP contribution in [0.3, 0.4) is 0 Å². The Morgan fingerprint density at radius 2 is 1.50 bits per heavy atom. The van der Waals surface area contributed by atoms with Crippen LogP contribution in [0.15, 0.2) is 24.3 Å². The highest BCUT2D eigenvalue weighted by molar-refractivity contribution is 5.89. The van der Waals surface area contributed by atoms with Crippen LogP contribution in [-0.4, -0.2) is 48.4 Å². The van der Waals surface area contributed by atoms with Gasteiger partial charge in [-0.3, -0.25) is 0 Å². The molecule has 6 nitrogen and oxygen atoms in total. The van der Waals surface area contributed by atoms with Crippen molar-refractivity contribution in [1.29, 1.82) is 0 Å². The average Bonchev–Trinajstić information content (AvgIpc) is 2.55. The van der Waals surface area contributed by atoms with Crippen molar-refractivity contribution in [1.82, 2.24) is 4.90 Å². The van der Waals surface area contributed by atoms with Crippen molar-refractivity contribution in [2.45, 2.75) is 27.7 Å². The first kappa shape index (κ1) is 19.8. The molecule has 0 unspecified atom stereocenters. The van der Waals surface area contributed by atoms with Gasteiger partial charge in [-0.2, -0.15) is 0 Å². The van der Waals surface area contributed by atoms with Gasteiger partial charge in [0.05, 0.1) is 5.56 Å². The van der Waals surface area contributed by atoms with Gasteiger partial charge in [0.2, 0.25) is 0 Å². The number of phenols is 1. The Balaban J connectivity index is 0.00000211. The maximum Gasteiger partial charge on any atom is 0.409 e. The average molecular weight is 311 g/mol. The van der Waals surface area contributed by atoms with Crippen LogP contribution in [0, 0.1) is 0 Å². The lowest BCUT2D eigenvalue weighted by Crippen LogP contribution is -2.32. The predicted octanol–water partition coefficient (Wildman–Crippen LogP) is 3.05. The second kappa shape index (κ2) is 11.4. The van der Waals surface area contributed by atoms with E-state index in [1.807, 2.05) is 27.7 Å². The van der Waals surface area contributed by atoms with Gasteiger partial charge in [-0.15, -0.1) is 0 Å². The molecule has 0 aromatic heterocycles. The molecule has 22 heavy (non-hydrogen) atoms. The van der Waals surface area contributed by atoms with Crippen molar-refractivity contribution in [3.63, 3.8) is 0 Å². The number of nitrogens with zero attached hydrogens (tertiary/aromatic N) is 1. The number of benzene rings is 1. The second-order valence-corrected chi connectivity index (χ2v) is 3.97. The molecule has 1 aromatic rings. The van der Waals surface area contributed by atoms with E-state index in [2.05, 4.69) is 0 Å². The highest BCUT2D eigenvalue weighted by atomic mass is 16.6. The van der Waals surface area contributed by atoms with E-state index in [1.165, 1.54) is 29.2 Å². The normalized spacial score (nSPS) is 9.27. The zero-order chi connectivity index (χ0) is 17.0. The summed E-state index contributed by atoms with van der Waals surface area (Å²) >= 11 is 0. The van der Waals surface area contributed by atoms with Crippen LogP contribution in [-0.2, 0) is 9.47 Å². The zero-order valence-electron chi connectivity index (χ0n) is 13.7. The maximum atomic E-state index is 11.6. The molecule has 6 heteroatoms. The third-order valence-corrected chi connectivity index (χ3v) is 2.67. The van der Waals surface area contributed by atoms with E-state index in [0.717, 1.165) is 0 Å². The van der Waals surface area contributed by atoms with Crippen molar-refractivity contribution in [3.8, 4) is 5.75 Å². The number of amides is 1. The number of hydrogen-bond acceptors (Lipinski definition) is 5. The topological polar surface area (TPSA) is 76.1 Å². The van der Waals surface area contributed by atoms with Gasteiger partial charge in [0.15, 0.2) is 0 Å². The number of ether oxygens (including phenoxy) is 2. The summed E-state index contributed by atoms with van der Waals surface area (Å²) in [4.78, 5) is 24.6. The van der Waals surface area contributed by atoms with Crippen LogP contribution >= 0.6 is 0 Å². The molecule has 0 aliphatic carbocycles. The first-order chi connectivity index (χ1) is 10.6. The van der Waals surface area contributed by atoms with Crippen molar-refractivity contribution in [2.75, 3.05) is 26.3 Å². The molecule has 1 N–H and O–H groups in total. The summed E-state index contributed by atoms with van der Waals surface area (Å²) in [6, 6.07) is 5.72. The van der Waals surface area contributed by atoms with Crippen LogP contribution in [0.4, 0.5) is 4.79 Å². The van der Waals surface area contributed by atoms with E-state index in [1.54, 1.807) is 0 Å². The minimum absolute atomic E-state index is 0.00722. The summed E-state index contributed by atoms with van der Waals surface area (Å²) in [5.74, 6) is -0.446. The smallest absolute Gasteiger partial charge is 0.409 e. The minimum atomic E-state index is -0.524. The van der Waals surface area contributed by atoms with E-state index in [0.29, 0.717) is 18.7 Å². The highest BCUT2D eigenvalue weighted by Crippen LogP contribution is 2.10. The summed E-state index contributed by atoms with van der Waals surface area (Å²) in [6.07, 6.45) is -0.421. The Morgan fingerprint density at radius 3 is 2.00 bits per heavy atom. The molecule has 0 spiro atoms. The predicted molar refractivity (Wildman–Crippen MR) is 84.0 cm³/mol. The number of rotatable bonds is 6. The van der Waals surface area contributed by atoms with E-state index in [9.17, 15) is 9.59 Å². The lowest BCUT2D eigenvalue weighted by molar-refractivity contribution is 0.0360. The fraction of sp³-hybridized carbons (Fsp3) is 0.500. The lowest BCUT2D eigenvalue weighted by Gasteiger charge is -2.17. The summed E-state index contributed by atoms with van der Waals surface area (Å²) in [7, 11) is 0. The van der Waals surface area contributed by atoms with Crippen molar-refractivity contribution >= 4 is 12.1 Å². The molecule has 1 amide bonds. The number of aromatic hydroxyl groups is 1. The molecular weight excluding hydrogens is 286 g/mol. The molecule has 0 saturated heterocycles. The second-order valence-electron chi connectivity index (χ2n) is 3.97. The fourth-order valence-electron chi connectivity index (χ4n) is 1.52. The number of phenolic OH excluding ortho intramolecular Hbond substituents is 1. The molecule has 124 valence electrons. The van der Waals surface area contributed by atoms with Gasteiger partial charge in [-0.05, 0) is 38.1 Å². The fourth-order valence-corrected chi connectivity index (χ4v) is 1.52. The Kier molecular flexibility index (Phi) is 10.3. The quantitative estimate of drug-likeness (QED) is 0.645. The molecule has 1 rings (SSSR count). The van der Waals surface area contributed by atoms with Crippen LogP contribution in [0.1, 0.15) is 38.1 Å². The van der Waals surface area contributed by atoms with Gasteiger partial charge in [0.25, 0.3) is 0 Å². The SMILES string of the molecule is CC.CCN(CC)C(=O)OCCOC(=O)c1ccc(O)cc1. The summed E-state index contributed by atoms with van der Waals surface area (Å²) in [6.45, 7) is 8.86. The van der Waals surface area contributed by atoms with Gasteiger partial charge in [-0.25, -0.2) is 9.59 Å². The van der Waals surface area contributed by atoms with Crippen LogP contribution < -0.4 is 0 Å². The highest BCUT2D eigenvalue weighted by Gasteiger charge is 2.11. The first-order valence-electron chi connectivity index (χ1n) is 7.46. The number of hydrogen-bond donors (Lipinski definition) is 1. The summed E-state index contributed by atoms with van der Waals surface area (Å²) in [5, 5.41) is 9.10. The van der Waals surface area contributed by atoms with Gasteiger partial charge >= 0.3 is 12.1 Å². The number of carbonyl (C=O) groups excluding carboxylic acids is 2. The third kappa shape index (κ3) is 6.97. The molecule has 0 radical (unpaired) electrons. The molecule has 0 bridgehead atoms. The molecule has 0 heterocycles. The number of esters is 1. The monoisotopic (exact) mass is 311 g/mol. The molecule has 0 fully saturated rings. The van der Waals surface area contributed by atoms with Gasteiger partial charge in [-0.1, -0.05) is 13.8 Å². The van der Waals surface area contributed by atoms with E-state index >= 15 is 0 Å². The van der Waals surface area contributed by atoms with E-state index in [-0.39, 0.29) is 19.0 Å². The molecule has 0 atom stereocenters. The van der Waals surface area contributed by atoms with Crippen LogP contribution in [0.2, 0.25) is 0 Å². The maximum absolute atomic E-state index is 11.6. The largest absolute Gasteiger partial charge is 0.508 e. The summed E-state index contributed by atoms with van der Waals surface area (Å²) in [5.41, 5.74) is 0.331. The van der Waals surface area contributed by atoms with Gasteiger partial charge in [0, 0.05) is 13.1 Å². The van der Waals surface area contributed by atoms with E-state index in [4.69, 9.17) is 14.6 Å². The first-order valence-corrected chi connectivity index (χ1v) is 7.46. The summed E-state index contributed by atoms with van der Waals surface area (Å²) < 4.78 is 9.91. The van der Waals surface area contributed by atoms with E-state index < -0.39 is 12.1 Å². The Bertz CT molecular complexity index is 440. The minimum Gasteiger partial charge on any atom is -0.508 e. The van der Waals surface area contributed by atoms with Crippen LogP contribution in [0.5, 0.6) is 5.75 Å². The Labute approximate surface area is 131 Å². The molecular formula is C16H25NO5. The molecule has 1 aromatic carbocycles. The van der Waals surface area contributed by atoms with Gasteiger partial charge < -0.3 is 19.5 Å². The Hall–Kier alpha value is -2.24. The van der Waals surface area contributed by atoms with Crippen molar-refractivity contribution < 1.29 is 24.2 Å². The Morgan fingerprint density at radius 1 is 1.00 bits per heavy atom. The third-order valence-electron chi connectivity index (χ3n) is 2.67. The van der Waals surface area contributed by atoms with Gasteiger partial charge in [0.1, 0.15) is 19.0 Å². The molecule has 0 saturated carbocycles. The zero-order valence-corrected chi connectivity index (χ0v) is 13.7. The molecule has 0 aliphatic heterocycles. The van der Waals surface area contributed by atoms with Crippen molar-refractivity contribution in [2.24, 2.45) is 0 Å².